The van der Waals surface area contributed by atoms with Gasteiger partial charge < -0.3 is 15.0 Å². The Morgan fingerprint density at radius 2 is 1.94 bits per heavy atom. The maximum Gasteiger partial charge on any atom is 0.312 e. The van der Waals surface area contributed by atoms with Crippen LogP contribution in [0.3, 0.4) is 0 Å². The first-order chi connectivity index (χ1) is 15.1. The van der Waals surface area contributed by atoms with E-state index in [1.54, 1.807) is 17.8 Å². The van der Waals surface area contributed by atoms with E-state index in [9.17, 15) is 22.8 Å². The van der Waals surface area contributed by atoms with Gasteiger partial charge in [-0.15, -0.1) is 11.8 Å². The van der Waals surface area contributed by atoms with E-state index in [4.69, 9.17) is 9.88 Å². The van der Waals surface area contributed by atoms with Gasteiger partial charge in [-0.2, -0.15) is 0 Å². The number of anilines is 2. The SMILES string of the molecule is CSc1cccc(N2C[C@H](C(=O)O[C@@H](C)C(=O)Nc3cccc(S(N)(=O)=O)c3)CC2=O)c1. The van der Waals surface area contributed by atoms with Crippen LogP contribution in [0.2, 0.25) is 0 Å². The van der Waals surface area contributed by atoms with Gasteiger partial charge in [0.15, 0.2) is 6.10 Å². The molecule has 0 bridgehead atoms. The van der Waals surface area contributed by atoms with Crippen LogP contribution in [0.15, 0.2) is 58.3 Å². The molecule has 0 unspecified atom stereocenters. The van der Waals surface area contributed by atoms with Crippen LogP contribution in [0, 0.1) is 5.92 Å². The maximum absolute atomic E-state index is 12.6. The lowest BCUT2D eigenvalue weighted by Crippen LogP contribution is -2.33. The Bertz CT molecular complexity index is 1150. The van der Waals surface area contributed by atoms with Gasteiger partial charge in [-0.3, -0.25) is 14.4 Å². The van der Waals surface area contributed by atoms with Crippen molar-refractivity contribution >= 4 is 50.9 Å². The molecule has 2 aromatic carbocycles. The van der Waals surface area contributed by atoms with Crippen molar-refractivity contribution in [1.29, 1.82) is 0 Å². The summed E-state index contributed by atoms with van der Waals surface area (Å²) in [7, 11) is -3.92. The van der Waals surface area contributed by atoms with Gasteiger partial charge in [0.05, 0.1) is 10.8 Å². The number of sulfonamides is 1. The minimum absolute atomic E-state index is 0.00687. The van der Waals surface area contributed by atoms with Gasteiger partial charge in [0.25, 0.3) is 5.91 Å². The highest BCUT2D eigenvalue weighted by Crippen LogP contribution is 2.29. The molecule has 1 aliphatic heterocycles. The van der Waals surface area contributed by atoms with E-state index < -0.39 is 33.9 Å². The van der Waals surface area contributed by atoms with Crippen LogP contribution in [0.4, 0.5) is 11.4 Å². The van der Waals surface area contributed by atoms with Crippen molar-refractivity contribution < 1.29 is 27.5 Å². The van der Waals surface area contributed by atoms with Gasteiger partial charge in [0, 0.05) is 29.2 Å². The lowest BCUT2D eigenvalue weighted by molar-refractivity contribution is -0.157. The van der Waals surface area contributed by atoms with E-state index >= 15 is 0 Å². The third-order valence-electron chi connectivity index (χ3n) is 4.92. The van der Waals surface area contributed by atoms with Crippen LogP contribution >= 0.6 is 11.8 Å². The van der Waals surface area contributed by atoms with E-state index in [1.807, 2.05) is 24.5 Å². The van der Waals surface area contributed by atoms with Crippen molar-refractivity contribution in [1.82, 2.24) is 0 Å². The number of rotatable bonds is 7. The van der Waals surface area contributed by atoms with Crippen molar-refractivity contribution in [2.75, 3.05) is 23.0 Å². The quantitative estimate of drug-likeness (QED) is 0.460. The average molecular weight is 478 g/mol. The lowest BCUT2D eigenvalue weighted by atomic mass is 10.1. The van der Waals surface area contributed by atoms with E-state index in [-0.39, 0.29) is 29.5 Å². The van der Waals surface area contributed by atoms with Gasteiger partial charge in [0.2, 0.25) is 15.9 Å². The zero-order chi connectivity index (χ0) is 23.5. The molecule has 1 aliphatic rings. The number of benzene rings is 2. The fourth-order valence-electron chi connectivity index (χ4n) is 3.21. The third kappa shape index (κ3) is 5.67. The molecular weight excluding hydrogens is 454 g/mol. The molecule has 11 heteroatoms. The molecule has 0 radical (unpaired) electrons. The van der Waals surface area contributed by atoms with Crippen LogP contribution in [-0.2, 0) is 29.1 Å². The summed E-state index contributed by atoms with van der Waals surface area (Å²) < 4.78 is 28.2. The number of nitrogens with zero attached hydrogens (tertiary/aromatic N) is 1. The maximum atomic E-state index is 12.6. The zero-order valence-corrected chi connectivity index (χ0v) is 19.1. The summed E-state index contributed by atoms with van der Waals surface area (Å²) in [5.41, 5.74) is 0.901. The van der Waals surface area contributed by atoms with Crippen LogP contribution < -0.4 is 15.4 Å². The minimum Gasteiger partial charge on any atom is -0.452 e. The van der Waals surface area contributed by atoms with Gasteiger partial charge >= 0.3 is 5.97 Å². The number of hydrogen-bond acceptors (Lipinski definition) is 7. The molecule has 1 saturated heterocycles. The highest BCUT2D eigenvalue weighted by Gasteiger charge is 2.37. The molecule has 1 fully saturated rings. The number of amides is 2. The second kappa shape index (κ2) is 9.72. The minimum atomic E-state index is -3.92. The lowest BCUT2D eigenvalue weighted by Gasteiger charge is -2.18. The van der Waals surface area contributed by atoms with Gasteiger partial charge in [-0.1, -0.05) is 12.1 Å². The Labute approximate surface area is 190 Å². The Hall–Kier alpha value is -2.89. The molecule has 0 aromatic heterocycles. The van der Waals surface area contributed by atoms with Gasteiger partial charge in [-0.25, -0.2) is 13.6 Å². The van der Waals surface area contributed by atoms with Crippen molar-refractivity contribution in [3.8, 4) is 0 Å². The number of hydrogen-bond donors (Lipinski definition) is 2. The summed E-state index contributed by atoms with van der Waals surface area (Å²) in [6.07, 6.45) is 0.778. The molecule has 170 valence electrons. The summed E-state index contributed by atoms with van der Waals surface area (Å²) in [4.78, 5) is 39.8. The predicted molar refractivity (Wildman–Crippen MR) is 121 cm³/mol. The second-order valence-electron chi connectivity index (χ2n) is 7.25. The van der Waals surface area contributed by atoms with Crippen molar-refractivity contribution in [3.05, 3.63) is 48.5 Å². The number of esters is 1. The Morgan fingerprint density at radius 1 is 1.22 bits per heavy atom. The Morgan fingerprint density at radius 3 is 2.62 bits per heavy atom. The molecule has 3 N–H and O–H groups in total. The van der Waals surface area contributed by atoms with Crippen LogP contribution in [0.25, 0.3) is 0 Å². The molecule has 2 amide bonds. The number of ether oxygens (including phenoxy) is 1. The zero-order valence-electron chi connectivity index (χ0n) is 17.5. The topological polar surface area (TPSA) is 136 Å². The second-order valence-corrected chi connectivity index (χ2v) is 9.69. The molecule has 0 spiro atoms. The van der Waals surface area contributed by atoms with Crippen molar-refractivity contribution in [2.24, 2.45) is 11.1 Å². The number of nitrogens with one attached hydrogen (secondary N) is 1. The van der Waals surface area contributed by atoms with E-state index in [2.05, 4.69) is 5.32 Å². The van der Waals surface area contributed by atoms with E-state index in [0.717, 1.165) is 4.90 Å². The monoisotopic (exact) mass is 477 g/mol. The molecule has 0 saturated carbocycles. The summed E-state index contributed by atoms with van der Waals surface area (Å²) in [5, 5.41) is 7.58. The smallest absolute Gasteiger partial charge is 0.312 e. The number of carbonyl (C=O) groups excluding carboxylic acids is 3. The van der Waals surface area contributed by atoms with Gasteiger partial charge in [-0.05, 0) is 49.6 Å². The molecule has 2 atom stereocenters. The van der Waals surface area contributed by atoms with Crippen LogP contribution in [-0.4, -0.2) is 45.1 Å². The van der Waals surface area contributed by atoms with E-state index in [1.165, 1.54) is 36.1 Å². The number of primary sulfonamides is 1. The third-order valence-corrected chi connectivity index (χ3v) is 6.55. The molecule has 9 nitrogen and oxygen atoms in total. The summed E-state index contributed by atoms with van der Waals surface area (Å²) in [6, 6.07) is 12.9. The summed E-state index contributed by atoms with van der Waals surface area (Å²) in [5.74, 6) is -2.18. The van der Waals surface area contributed by atoms with Crippen LogP contribution in [0.5, 0.6) is 0 Å². The van der Waals surface area contributed by atoms with Crippen LogP contribution in [0.1, 0.15) is 13.3 Å². The molecule has 0 aliphatic carbocycles. The highest BCUT2D eigenvalue weighted by atomic mass is 32.2. The largest absolute Gasteiger partial charge is 0.452 e. The molecule has 32 heavy (non-hydrogen) atoms. The molecule has 3 rings (SSSR count). The Balaban J connectivity index is 1.60. The van der Waals surface area contributed by atoms with Crippen molar-refractivity contribution in [3.63, 3.8) is 0 Å². The summed E-state index contributed by atoms with van der Waals surface area (Å²) in [6.45, 7) is 1.56. The fourth-order valence-corrected chi connectivity index (χ4v) is 4.22. The van der Waals surface area contributed by atoms with Gasteiger partial charge in [0.1, 0.15) is 0 Å². The average Bonchev–Trinajstić information content (AvgIpc) is 3.15. The van der Waals surface area contributed by atoms with Crippen molar-refractivity contribution in [2.45, 2.75) is 29.2 Å². The summed E-state index contributed by atoms with van der Waals surface area (Å²) >= 11 is 1.55. The molecule has 2 aromatic rings. The predicted octanol–water partition coefficient (Wildman–Crippen LogP) is 1.98. The molecular formula is C21H23N3O6S2. The standard InChI is InChI=1S/C21H23N3O6S2/c1-13(20(26)23-15-5-3-8-18(10-15)32(22,28)29)30-21(27)14-9-19(25)24(12-14)16-6-4-7-17(11-16)31-2/h3-8,10-11,13-14H,9,12H2,1-2H3,(H,23,26)(H2,22,28,29)/t13-,14+/m0/s1. The first kappa shape index (κ1) is 23.8. The van der Waals surface area contributed by atoms with E-state index in [0.29, 0.717) is 5.69 Å². The highest BCUT2D eigenvalue weighted by molar-refractivity contribution is 7.98. The number of nitrogens with two attached hydrogens (primary N) is 1. The number of thioether (sulfide) groups is 1. The number of carbonyl (C=O) groups is 3. The normalized spacial score (nSPS) is 17.2. The first-order valence-corrected chi connectivity index (χ1v) is 12.4. The fraction of sp³-hybridized carbons (Fsp3) is 0.286. The first-order valence-electron chi connectivity index (χ1n) is 9.67. The Kier molecular flexibility index (Phi) is 7.22. The molecule has 1 heterocycles.